The van der Waals surface area contributed by atoms with Crippen LogP contribution < -0.4 is 0 Å². The number of rotatable bonds is 4. The van der Waals surface area contributed by atoms with E-state index in [9.17, 15) is 0 Å². The van der Waals surface area contributed by atoms with Crippen molar-refractivity contribution >= 4 is 65.2 Å². The van der Waals surface area contributed by atoms with Gasteiger partial charge in [-0.15, -0.1) is 0 Å². The fourth-order valence-corrected chi connectivity index (χ4v) is 7.97. The van der Waals surface area contributed by atoms with Crippen molar-refractivity contribution in [2.45, 2.75) is 0 Å². The maximum Gasteiger partial charge on any atom is 0.238 e. The third-order valence-corrected chi connectivity index (χ3v) is 10.3. The van der Waals surface area contributed by atoms with Gasteiger partial charge >= 0.3 is 0 Å². The quantitative estimate of drug-likeness (QED) is 0.188. The van der Waals surface area contributed by atoms with Gasteiger partial charge in [-0.3, -0.25) is 4.57 Å². The molecule has 5 nitrogen and oxygen atoms in total. The van der Waals surface area contributed by atoms with Crippen molar-refractivity contribution in [1.29, 1.82) is 0 Å². The van der Waals surface area contributed by atoms with Gasteiger partial charge < -0.3 is 4.57 Å². The smallest absolute Gasteiger partial charge is 0.238 e. The molecule has 0 saturated heterocycles. The van der Waals surface area contributed by atoms with Crippen LogP contribution in [0.3, 0.4) is 0 Å². The van der Waals surface area contributed by atoms with Gasteiger partial charge in [-0.05, 0) is 70.1 Å². The molecule has 11 aromatic rings. The predicted molar refractivity (Wildman–Crippen MR) is 214 cm³/mol. The molecule has 0 fully saturated rings. The van der Waals surface area contributed by atoms with Gasteiger partial charge in [-0.25, -0.2) is 4.98 Å². The number of benzene rings is 8. The SMILES string of the molecule is c1ccc(-n2c3ccccc3c3c4c5ccccc5n(-c5nc(-c6ccc7ccccc7c6)nc(-c6ccc7ccccc7c6)n5)c4ccc32)cc1. The number of hydrogen-bond acceptors (Lipinski definition) is 3. The van der Waals surface area contributed by atoms with Crippen molar-refractivity contribution < 1.29 is 0 Å². The van der Waals surface area contributed by atoms with Crippen molar-refractivity contribution in [3.63, 3.8) is 0 Å². The van der Waals surface area contributed by atoms with Crippen molar-refractivity contribution in [2.75, 3.05) is 0 Å². The van der Waals surface area contributed by atoms with E-state index in [1.54, 1.807) is 0 Å². The lowest BCUT2D eigenvalue weighted by Crippen LogP contribution is -2.06. The summed E-state index contributed by atoms with van der Waals surface area (Å²) in [6.07, 6.45) is 0. The molecule has 52 heavy (non-hydrogen) atoms. The highest BCUT2D eigenvalue weighted by Crippen LogP contribution is 2.42. The Morgan fingerprint density at radius 1 is 0.327 bits per heavy atom. The van der Waals surface area contributed by atoms with Gasteiger partial charge in [-0.2, -0.15) is 9.97 Å². The summed E-state index contributed by atoms with van der Waals surface area (Å²) in [6, 6.07) is 62.0. The first kappa shape index (κ1) is 28.7. The van der Waals surface area contributed by atoms with Gasteiger partial charge in [0.1, 0.15) is 0 Å². The summed E-state index contributed by atoms with van der Waals surface area (Å²) < 4.78 is 4.59. The largest absolute Gasteiger partial charge is 0.309 e. The number of nitrogens with zero attached hydrogens (tertiary/aromatic N) is 5. The van der Waals surface area contributed by atoms with E-state index in [0.29, 0.717) is 17.6 Å². The molecule has 3 aromatic heterocycles. The lowest BCUT2D eigenvalue weighted by Gasteiger charge is -2.12. The Labute approximate surface area is 298 Å². The van der Waals surface area contributed by atoms with Crippen LogP contribution in [-0.2, 0) is 0 Å². The molecule has 0 radical (unpaired) electrons. The summed E-state index contributed by atoms with van der Waals surface area (Å²) in [7, 11) is 0. The van der Waals surface area contributed by atoms with Crippen molar-refractivity contribution in [2.24, 2.45) is 0 Å². The Morgan fingerprint density at radius 3 is 1.37 bits per heavy atom. The minimum absolute atomic E-state index is 0.582. The maximum atomic E-state index is 5.27. The molecule has 0 N–H and O–H groups in total. The lowest BCUT2D eigenvalue weighted by atomic mass is 10.1. The average molecular weight is 664 g/mol. The highest BCUT2D eigenvalue weighted by Gasteiger charge is 2.22. The van der Waals surface area contributed by atoms with Gasteiger partial charge in [0.25, 0.3) is 0 Å². The second-order valence-electron chi connectivity index (χ2n) is 13.3. The minimum Gasteiger partial charge on any atom is -0.309 e. The molecule has 5 heteroatoms. The second kappa shape index (κ2) is 11.2. The van der Waals surface area contributed by atoms with Gasteiger partial charge in [0.15, 0.2) is 11.6 Å². The van der Waals surface area contributed by atoms with Crippen LogP contribution in [0.2, 0.25) is 0 Å². The topological polar surface area (TPSA) is 48.5 Å². The summed E-state index contributed by atoms with van der Waals surface area (Å²) >= 11 is 0. The van der Waals surface area contributed by atoms with Gasteiger partial charge in [-0.1, -0.05) is 127 Å². The average Bonchev–Trinajstić information content (AvgIpc) is 3.73. The van der Waals surface area contributed by atoms with E-state index < -0.39 is 0 Å². The second-order valence-corrected chi connectivity index (χ2v) is 13.3. The zero-order valence-electron chi connectivity index (χ0n) is 28.0. The molecule has 11 rings (SSSR count). The Morgan fingerprint density at radius 2 is 0.788 bits per heavy atom. The molecule has 0 unspecified atom stereocenters. The minimum atomic E-state index is 0.582. The van der Waals surface area contributed by atoms with Crippen LogP contribution in [0.1, 0.15) is 0 Å². The summed E-state index contributed by atoms with van der Waals surface area (Å²) in [5.41, 5.74) is 7.44. The number of para-hydroxylation sites is 3. The maximum absolute atomic E-state index is 5.27. The fraction of sp³-hybridized carbons (Fsp3) is 0. The van der Waals surface area contributed by atoms with Crippen LogP contribution in [-0.4, -0.2) is 24.1 Å². The van der Waals surface area contributed by atoms with Crippen LogP contribution in [0.15, 0.2) is 176 Å². The monoisotopic (exact) mass is 663 g/mol. The first-order valence-corrected chi connectivity index (χ1v) is 17.5. The van der Waals surface area contributed by atoms with Gasteiger partial charge in [0.2, 0.25) is 5.95 Å². The molecule has 8 aromatic carbocycles. The zero-order chi connectivity index (χ0) is 34.2. The summed E-state index contributed by atoms with van der Waals surface area (Å²) in [5.74, 6) is 1.84. The third kappa shape index (κ3) is 4.33. The van der Waals surface area contributed by atoms with E-state index in [2.05, 4.69) is 185 Å². The van der Waals surface area contributed by atoms with E-state index in [0.717, 1.165) is 49.5 Å². The molecule has 0 bridgehead atoms. The van der Waals surface area contributed by atoms with E-state index >= 15 is 0 Å². The molecule has 242 valence electrons. The molecule has 3 heterocycles. The predicted octanol–water partition coefficient (Wildman–Crippen LogP) is 11.7. The molecule has 0 spiro atoms. The molecular formula is C47H29N5. The summed E-state index contributed by atoms with van der Waals surface area (Å²) in [5, 5.41) is 9.39. The molecular weight excluding hydrogens is 635 g/mol. The first-order chi connectivity index (χ1) is 25.8. The first-order valence-electron chi connectivity index (χ1n) is 17.5. The van der Waals surface area contributed by atoms with Crippen LogP contribution in [0.5, 0.6) is 0 Å². The highest BCUT2D eigenvalue weighted by atomic mass is 15.2. The molecule has 0 aliphatic heterocycles. The van der Waals surface area contributed by atoms with Crippen LogP contribution in [0.4, 0.5) is 0 Å². The van der Waals surface area contributed by atoms with Crippen LogP contribution in [0.25, 0.3) is 99.6 Å². The van der Waals surface area contributed by atoms with E-state index in [1.165, 1.54) is 32.4 Å². The molecule has 0 amide bonds. The fourth-order valence-electron chi connectivity index (χ4n) is 7.97. The number of hydrogen-bond donors (Lipinski definition) is 0. The van der Waals surface area contributed by atoms with Gasteiger partial charge in [0.05, 0.1) is 22.1 Å². The molecule has 0 aliphatic carbocycles. The lowest BCUT2D eigenvalue weighted by molar-refractivity contribution is 0.954. The highest BCUT2D eigenvalue weighted by molar-refractivity contribution is 6.28. The molecule has 0 aliphatic rings. The van der Waals surface area contributed by atoms with Crippen LogP contribution in [0, 0.1) is 0 Å². The molecule has 0 atom stereocenters. The van der Waals surface area contributed by atoms with Gasteiger partial charge in [0, 0.05) is 38.4 Å². The molecule has 0 saturated carbocycles. The summed E-state index contributed by atoms with van der Waals surface area (Å²) in [6.45, 7) is 0. The van der Waals surface area contributed by atoms with Crippen LogP contribution >= 0.6 is 0 Å². The standard InChI is InChI=1S/C47H29N5/c1-2-16-36(17-3-1)51-39-20-10-8-18-37(39)43-41(51)26-27-42-44(43)38-19-9-11-21-40(38)52(42)47-49-45(34-24-22-30-12-4-6-14-32(30)28-34)48-46(50-47)35-25-23-31-13-5-7-15-33(31)29-35/h1-29H. The van der Waals surface area contributed by atoms with Crippen molar-refractivity contribution in [3.8, 4) is 34.4 Å². The number of aromatic nitrogens is 5. The van der Waals surface area contributed by atoms with Crippen molar-refractivity contribution in [1.82, 2.24) is 24.1 Å². The third-order valence-electron chi connectivity index (χ3n) is 10.3. The number of fused-ring (bicyclic) bond motifs is 9. The van der Waals surface area contributed by atoms with Crippen molar-refractivity contribution in [3.05, 3.63) is 176 Å². The zero-order valence-corrected chi connectivity index (χ0v) is 28.0. The van der Waals surface area contributed by atoms with E-state index in [1.807, 2.05) is 0 Å². The van der Waals surface area contributed by atoms with E-state index in [4.69, 9.17) is 15.0 Å². The Hall–Kier alpha value is -7.11. The summed E-state index contributed by atoms with van der Waals surface area (Å²) in [4.78, 5) is 15.7. The Balaban J connectivity index is 1.23. The van der Waals surface area contributed by atoms with E-state index in [-0.39, 0.29) is 0 Å². The Bertz CT molecular complexity index is 3090. The normalized spacial score (nSPS) is 11.8. The Kier molecular flexibility index (Phi) is 6.18.